The van der Waals surface area contributed by atoms with Gasteiger partial charge in [0.05, 0.1) is 6.54 Å². The average molecular weight is 260 g/mol. The van der Waals surface area contributed by atoms with Gasteiger partial charge in [0.1, 0.15) is 11.5 Å². The molecule has 100 valence electrons. The summed E-state index contributed by atoms with van der Waals surface area (Å²) in [6, 6.07) is 6.72. The van der Waals surface area contributed by atoms with E-state index < -0.39 is 0 Å². The van der Waals surface area contributed by atoms with Crippen molar-refractivity contribution in [2.45, 2.75) is 20.4 Å². The molecule has 1 aromatic heterocycles. The zero-order valence-electron chi connectivity index (χ0n) is 10.9. The van der Waals surface area contributed by atoms with Gasteiger partial charge >= 0.3 is 0 Å². The molecule has 1 heterocycles. The lowest BCUT2D eigenvalue weighted by molar-refractivity contribution is 0.0995. The number of furan rings is 1. The summed E-state index contributed by atoms with van der Waals surface area (Å²) >= 11 is 0. The molecule has 5 nitrogen and oxygen atoms in total. The van der Waals surface area contributed by atoms with Gasteiger partial charge in [0.2, 0.25) is 0 Å². The second-order valence-electron chi connectivity index (χ2n) is 4.33. The number of carbonyl (C=O) groups excluding carboxylic acids is 1. The molecule has 0 aliphatic rings. The van der Waals surface area contributed by atoms with Crippen LogP contribution in [0.5, 0.6) is 5.75 Å². The van der Waals surface area contributed by atoms with Crippen molar-refractivity contribution in [2.75, 3.05) is 5.32 Å². The van der Waals surface area contributed by atoms with E-state index in [1.54, 1.807) is 38.1 Å². The van der Waals surface area contributed by atoms with E-state index in [-0.39, 0.29) is 24.0 Å². The molecule has 0 unspecified atom stereocenters. The first-order valence-electron chi connectivity index (χ1n) is 5.92. The molecule has 0 radical (unpaired) electrons. The van der Waals surface area contributed by atoms with Gasteiger partial charge < -0.3 is 20.6 Å². The monoisotopic (exact) mass is 260 g/mol. The number of carbonyl (C=O) groups is 1. The Kier molecular flexibility index (Phi) is 3.57. The second kappa shape index (κ2) is 5.16. The topological polar surface area (TPSA) is 88.5 Å². The molecule has 0 fully saturated rings. The van der Waals surface area contributed by atoms with Crippen LogP contribution in [0.3, 0.4) is 0 Å². The minimum Gasteiger partial charge on any atom is -0.507 e. The summed E-state index contributed by atoms with van der Waals surface area (Å²) in [5.74, 6) is 0.555. The molecule has 2 aromatic rings. The number of hydrogen-bond donors (Lipinski definition) is 3. The molecule has 0 bridgehead atoms. The smallest absolute Gasteiger partial charge is 0.291 e. The van der Waals surface area contributed by atoms with E-state index in [4.69, 9.17) is 10.2 Å². The lowest BCUT2D eigenvalue weighted by atomic mass is 10.1. The Morgan fingerprint density at radius 2 is 2.05 bits per heavy atom. The molecule has 0 atom stereocenters. The van der Waals surface area contributed by atoms with Crippen LogP contribution in [0.15, 0.2) is 28.7 Å². The molecule has 0 aliphatic heterocycles. The Balaban J connectivity index is 2.21. The zero-order valence-corrected chi connectivity index (χ0v) is 10.9. The molecule has 19 heavy (non-hydrogen) atoms. The van der Waals surface area contributed by atoms with E-state index in [1.165, 1.54) is 0 Å². The largest absolute Gasteiger partial charge is 0.507 e. The summed E-state index contributed by atoms with van der Waals surface area (Å²) < 4.78 is 5.26. The molecule has 0 saturated heterocycles. The maximum absolute atomic E-state index is 12.0. The van der Waals surface area contributed by atoms with Crippen LogP contribution in [0.2, 0.25) is 0 Å². The van der Waals surface area contributed by atoms with Crippen LogP contribution in [0.4, 0.5) is 5.69 Å². The van der Waals surface area contributed by atoms with Crippen molar-refractivity contribution in [1.82, 2.24) is 0 Å². The standard InChI is InChI=1S/C14H16N2O3/c1-8-3-5-11(9(2)13(8)17)16-14(18)12-6-4-10(7-15)19-12/h3-6,17H,7,15H2,1-2H3,(H,16,18). The molecule has 5 heteroatoms. The first-order chi connectivity index (χ1) is 9.02. The molecule has 0 spiro atoms. The number of nitrogens with two attached hydrogens (primary N) is 1. The summed E-state index contributed by atoms with van der Waals surface area (Å²) in [5.41, 5.74) is 7.36. The second-order valence-corrected chi connectivity index (χ2v) is 4.33. The SMILES string of the molecule is Cc1ccc(NC(=O)c2ccc(CN)o2)c(C)c1O. The predicted octanol–water partition coefficient (Wildman–Crippen LogP) is 2.31. The van der Waals surface area contributed by atoms with E-state index in [9.17, 15) is 9.90 Å². The molecular formula is C14H16N2O3. The molecule has 1 aromatic carbocycles. The number of aryl methyl sites for hydroxylation is 1. The minimum absolute atomic E-state index is 0.180. The van der Waals surface area contributed by atoms with Crippen LogP contribution in [0.1, 0.15) is 27.4 Å². The van der Waals surface area contributed by atoms with Gasteiger partial charge in [-0.3, -0.25) is 4.79 Å². The average Bonchev–Trinajstić information content (AvgIpc) is 2.88. The van der Waals surface area contributed by atoms with Crippen molar-refractivity contribution < 1.29 is 14.3 Å². The molecule has 1 amide bonds. The summed E-state index contributed by atoms with van der Waals surface area (Å²) in [4.78, 5) is 12.0. The Bertz CT molecular complexity index is 617. The third kappa shape index (κ3) is 2.61. The Labute approximate surface area is 111 Å². The Morgan fingerprint density at radius 1 is 1.32 bits per heavy atom. The summed E-state index contributed by atoms with van der Waals surface area (Å²) in [5, 5.41) is 12.5. The number of hydrogen-bond acceptors (Lipinski definition) is 4. The fraction of sp³-hybridized carbons (Fsp3) is 0.214. The number of anilines is 1. The third-order valence-corrected chi connectivity index (χ3v) is 2.97. The van der Waals surface area contributed by atoms with Crippen LogP contribution in [-0.4, -0.2) is 11.0 Å². The number of rotatable bonds is 3. The van der Waals surface area contributed by atoms with Gasteiger partial charge in [0.25, 0.3) is 5.91 Å². The van der Waals surface area contributed by atoms with E-state index in [0.717, 1.165) is 5.56 Å². The third-order valence-electron chi connectivity index (χ3n) is 2.97. The van der Waals surface area contributed by atoms with Crippen LogP contribution in [0.25, 0.3) is 0 Å². The van der Waals surface area contributed by atoms with Crippen molar-refractivity contribution in [1.29, 1.82) is 0 Å². The Morgan fingerprint density at radius 3 is 2.68 bits per heavy atom. The fourth-order valence-corrected chi connectivity index (χ4v) is 1.76. The molecule has 2 rings (SSSR count). The summed E-state index contributed by atoms with van der Waals surface area (Å²) in [6.07, 6.45) is 0. The van der Waals surface area contributed by atoms with E-state index >= 15 is 0 Å². The first kappa shape index (κ1) is 13.2. The normalized spacial score (nSPS) is 10.5. The van der Waals surface area contributed by atoms with Crippen LogP contribution >= 0.6 is 0 Å². The number of amides is 1. The van der Waals surface area contributed by atoms with E-state index in [1.807, 2.05) is 0 Å². The Hall–Kier alpha value is -2.27. The van der Waals surface area contributed by atoms with E-state index in [0.29, 0.717) is 17.0 Å². The van der Waals surface area contributed by atoms with Gasteiger partial charge in [-0.2, -0.15) is 0 Å². The van der Waals surface area contributed by atoms with Crippen molar-refractivity contribution in [2.24, 2.45) is 5.73 Å². The maximum atomic E-state index is 12.0. The molecular weight excluding hydrogens is 244 g/mol. The van der Waals surface area contributed by atoms with Gasteiger partial charge in [0.15, 0.2) is 5.76 Å². The highest BCUT2D eigenvalue weighted by Gasteiger charge is 2.13. The molecule has 0 saturated carbocycles. The first-order valence-corrected chi connectivity index (χ1v) is 5.92. The summed E-state index contributed by atoms with van der Waals surface area (Å²) in [6.45, 7) is 3.79. The lowest BCUT2D eigenvalue weighted by Gasteiger charge is -2.10. The minimum atomic E-state index is -0.369. The highest BCUT2D eigenvalue weighted by atomic mass is 16.4. The number of benzene rings is 1. The highest BCUT2D eigenvalue weighted by molar-refractivity contribution is 6.02. The van der Waals surface area contributed by atoms with Gasteiger partial charge in [0, 0.05) is 11.3 Å². The van der Waals surface area contributed by atoms with Crippen molar-refractivity contribution in [3.8, 4) is 5.75 Å². The fourth-order valence-electron chi connectivity index (χ4n) is 1.76. The number of nitrogens with one attached hydrogen (secondary N) is 1. The van der Waals surface area contributed by atoms with Gasteiger partial charge in [-0.1, -0.05) is 6.07 Å². The number of aromatic hydroxyl groups is 1. The van der Waals surface area contributed by atoms with Gasteiger partial charge in [-0.05, 0) is 37.6 Å². The van der Waals surface area contributed by atoms with E-state index in [2.05, 4.69) is 5.32 Å². The van der Waals surface area contributed by atoms with Crippen molar-refractivity contribution in [3.05, 3.63) is 46.9 Å². The number of phenolic OH excluding ortho intramolecular Hbond substituents is 1. The number of phenols is 1. The van der Waals surface area contributed by atoms with Gasteiger partial charge in [-0.25, -0.2) is 0 Å². The zero-order chi connectivity index (χ0) is 14.0. The summed E-state index contributed by atoms with van der Waals surface area (Å²) in [7, 11) is 0. The molecule has 4 N–H and O–H groups in total. The molecule has 0 aliphatic carbocycles. The quantitative estimate of drug-likeness (QED) is 0.790. The highest BCUT2D eigenvalue weighted by Crippen LogP contribution is 2.28. The lowest BCUT2D eigenvalue weighted by Crippen LogP contribution is -2.12. The predicted molar refractivity (Wildman–Crippen MR) is 72.1 cm³/mol. The maximum Gasteiger partial charge on any atom is 0.291 e. The van der Waals surface area contributed by atoms with Crippen LogP contribution < -0.4 is 11.1 Å². The van der Waals surface area contributed by atoms with Gasteiger partial charge in [-0.15, -0.1) is 0 Å². The van der Waals surface area contributed by atoms with Crippen molar-refractivity contribution >= 4 is 11.6 Å². The van der Waals surface area contributed by atoms with Crippen LogP contribution in [-0.2, 0) is 6.54 Å². The van der Waals surface area contributed by atoms with Crippen molar-refractivity contribution in [3.63, 3.8) is 0 Å². The van der Waals surface area contributed by atoms with Crippen LogP contribution in [0, 0.1) is 13.8 Å².